The Morgan fingerprint density at radius 2 is 2.00 bits per heavy atom. The molecule has 2 aromatic carbocycles. The highest BCUT2D eigenvalue weighted by Crippen LogP contribution is 2.32. The van der Waals surface area contributed by atoms with Gasteiger partial charge in [-0.05, 0) is 68.4 Å². The number of phenols is 1. The highest BCUT2D eigenvalue weighted by molar-refractivity contribution is 7.80. The molecule has 134 valence electrons. The smallest absolute Gasteiger partial charge is 0.281 e. The number of nitrogens with zero attached hydrogens (tertiary/aromatic N) is 1. The van der Waals surface area contributed by atoms with Crippen molar-refractivity contribution >= 4 is 35.0 Å². The van der Waals surface area contributed by atoms with Gasteiger partial charge < -0.3 is 15.2 Å². The third-order valence-electron chi connectivity index (χ3n) is 4.26. The SMILES string of the molecule is CCOc1cccc(/C=C2\NC(=S)N(c3ccc(C)c(C)c3)C2=O)c1O. The summed E-state index contributed by atoms with van der Waals surface area (Å²) in [5.41, 5.74) is 3.73. The van der Waals surface area contributed by atoms with Crippen LogP contribution >= 0.6 is 12.2 Å². The maximum Gasteiger partial charge on any atom is 0.281 e. The van der Waals surface area contributed by atoms with Crippen LogP contribution in [-0.2, 0) is 4.79 Å². The fourth-order valence-electron chi connectivity index (χ4n) is 2.72. The van der Waals surface area contributed by atoms with Crippen molar-refractivity contribution in [1.82, 2.24) is 5.32 Å². The van der Waals surface area contributed by atoms with Crippen LogP contribution < -0.4 is 15.0 Å². The number of aromatic hydroxyl groups is 1. The van der Waals surface area contributed by atoms with Gasteiger partial charge in [-0.25, -0.2) is 0 Å². The second kappa shape index (κ2) is 7.17. The second-order valence-electron chi connectivity index (χ2n) is 6.02. The first-order valence-electron chi connectivity index (χ1n) is 8.31. The highest BCUT2D eigenvalue weighted by atomic mass is 32.1. The van der Waals surface area contributed by atoms with Gasteiger partial charge >= 0.3 is 0 Å². The first-order chi connectivity index (χ1) is 12.4. The molecule has 1 aliphatic heterocycles. The van der Waals surface area contributed by atoms with Crippen molar-refractivity contribution in [2.45, 2.75) is 20.8 Å². The second-order valence-corrected chi connectivity index (χ2v) is 6.41. The lowest BCUT2D eigenvalue weighted by Crippen LogP contribution is -2.30. The van der Waals surface area contributed by atoms with E-state index in [2.05, 4.69) is 5.32 Å². The molecule has 3 rings (SSSR count). The number of hydrogen-bond acceptors (Lipinski definition) is 4. The molecule has 0 aliphatic carbocycles. The minimum absolute atomic E-state index is 0.00741. The molecule has 1 amide bonds. The van der Waals surface area contributed by atoms with Crippen LogP contribution in [0.1, 0.15) is 23.6 Å². The van der Waals surface area contributed by atoms with Crippen LogP contribution in [0.25, 0.3) is 6.08 Å². The van der Waals surface area contributed by atoms with Gasteiger partial charge in [-0.15, -0.1) is 0 Å². The van der Waals surface area contributed by atoms with E-state index in [0.717, 1.165) is 11.1 Å². The average Bonchev–Trinajstić information content (AvgIpc) is 2.88. The quantitative estimate of drug-likeness (QED) is 0.637. The van der Waals surface area contributed by atoms with Gasteiger partial charge in [-0.1, -0.05) is 18.2 Å². The molecule has 0 bridgehead atoms. The molecule has 1 aliphatic rings. The van der Waals surface area contributed by atoms with Crippen LogP contribution in [0.3, 0.4) is 0 Å². The summed E-state index contributed by atoms with van der Waals surface area (Å²) < 4.78 is 5.38. The molecule has 2 N–H and O–H groups in total. The van der Waals surface area contributed by atoms with E-state index in [-0.39, 0.29) is 11.7 Å². The third kappa shape index (κ3) is 3.28. The Morgan fingerprint density at radius 3 is 2.69 bits per heavy atom. The van der Waals surface area contributed by atoms with Crippen molar-refractivity contribution in [2.24, 2.45) is 0 Å². The number of phenolic OH excluding ortho intramolecular Hbond substituents is 1. The van der Waals surface area contributed by atoms with Gasteiger partial charge in [-0.2, -0.15) is 0 Å². The average molecular weight is 368 g/mol. The maximum atomic E-state index is 12.8. The lowest BCUT2D eigenvalue weighted by molar-refractivity contribution is -0.113. The van der Waals surface area contributed by atoms with Crippen molar-refractivity contribution < 1.29 is 14.6 Å². The van der Waals surface area contributed by atoms with Crippen LogP contribution in [0.5, 0.6) is 11.5 Å². The number of nitrogens with one attached hydrogen (secondary N) is 1. The molecule has 6 heteroatoms. The Kier molecular flexibility index (Phi) is 4.95. The molecule has 1 fully saturated rings. The van der Waals surface area contributed by atoms with Gasteiger partial charge in [0.2, 0.25) is 0 Å². The van der Waals surface area contributed by atoms with Crippen molar-refractivity contribution in [3.8, 4) is 11.5 Å². The predicted molar refractivity (Wildman–Crippen MR) is 106 cm³/mol. The van der Waals surface area contributed by atoms with Gasteiger partial charge in [0, 0.05) is 5.56 Å². The van der Waals surface area contributed by atoms with Gasteiger partial charge in [0.15, 0.2) is 16.6 Å². The number of hydrogen-bond donors (Lipinski definition) is 2. The van der Waals surface area contributed by atoms with Crippen LogP contribution in [0.2, 0.25) is 0 Å². The van der Waals surface area contributed by atoms with E-state index < -0.39 is 0 Å². The van der Waals surface area contributed by atoms with Gasteiger partial charge in [-0.3, -0.25) is 9.69 Å². The fourth-order valence-corrected chi connectivity index (χ4v) is 3.02. The molecule has 0 aromatic heterocycles. The van der Waals surface area contributed by atoms with Crippen molar-refractivity contribution in [2.75, 3.05) is 11.5 Å². The normalized spacial score (nSPS) is 15.5. The Hall–Kier alpha value is -2.86. The van der Waals surface area contributed by atoms with Gasteiger partial charge in [0.1, 0.15) is 5.70 Å². The highest BCUT2D eigenvalue weighted by Gasteiger charge is 2.32. The summed E-state index contributed by atoms with van der Waals surface area (Å²) in [7, 11) is 0. The largest absolute Gasteiger partial charge is 0.504 e. The summed E-state index contributed by atoms with van der Waals surface area (Å²) in [6.45, 7) is 6.28. The van der Waals surface area contributed by atoms with Crippen molar-refractivity contribution in [1.29, 1.82) is 0 Å². The van der Waals surface area contributed by atoms with E-state index >= 15 is 0 Å². The van der Waals surface area contributed by atoms with E-state index in [1.165, 1.54) is 4.90 Å². The molecule has 0 saturated carbocycles. The summed E-state index contributed by atoms with van der Waals surface area (Å²) in [5.74, 6) is 0.104. The molecule has 0 unspecified atom stereocenters. The van der Waals surface area contributed by atoms with E-state index in [9.17, 15) is 9.90 Å². The molecular formula is C20H20N2O3S. The zero-order valence-corrected chi connectivity index (χ0v) is 15.7. The molecule has 0 radical (unpaired) electrons. The number of amides is 1. The summed E-state index contributed by atoms with van der Waals surface area (Å²) >= 11 is 5.34. The number of aryl methyl sites for hydroxylation is 2. The predicted octanol–water partition coefficient (Wildman–Crippen LogP) is 3.67. The van der Waals surface area contributed by atoms with E-state index in [0.29, 0.717) is 34.4 Å². The van der Waals surface area contributed by atoms with Crippen LogP contribution in [0.15, 0.2) is 42.1 Å². The maximum absolute atomic E-state index is 12.8. The van der Waals surface area contributed by atoms with Crippen LogP contribution in [-0.4, -0.2) is 22.7 Å². The standard InChI is InChI=1S/C20H20N2O3S/c1-4-25-17-7-5-6-14(18(17)23)11-16-19(24)22(20(26)21-16)15-9-8-12(2)13(3)10-15/h5-11,23H,4H2,1-3H3,(H,21,26)/b16-11-. The molecular weight excluding hydrogens is 348 g/mol. The molecule has 5 nitrogen and oxygen atoms in total. The van der Waals surface area contributed by atoms with E-state index in [1.807, 2.05) is 39.0 Å². The minimum Gasteiger partial charge on any atom is -0.504 e. The number of carbonyl (C=O) groups excluding carboxylic acids is 1. The summed E-state index contributed by atoms with van der Waals surface area (Å²) in [4.78, 5) is 14.3. The third-order valence-corrected chi connectivity index (χ3v) is 4.54. The monoisotopic (exact) mass is 368 g/mol. The minimum atomic E-state index is -0.264. The number of para-hydroxylation sites is 1. The number of anilines is 1. The zero-order valence-electron chi connectivity index (χ0n) is 14.9. The first kappa shape index (κ1) is 17.9. The molecule has 1 saturated heterocycles. The van der Waals surface area contributed by atoms with Gasteiger partial charge in [0.25, 0.3) is 5.91 Å². The first-order valence-corrected chi connectivity index (χ1v) is 8.72. The number of thiocarbonyl (C=S) groups is 1. The Bertz CT molecular complexity index is 921. The Balaban J connectivity index is 1.95. The van der Waals surface area contributed by atoms with Crippen LogP contribution in [0.4, 0.5) is 5.69 Å². The van der Waals surface area contributed by atoms with E-state index in [1.54, 1.807) is 24.3 Å². The molecule has 0 spiro atoms. The Labute approximate surface area is 157 Å². The van der Waals surface area contributed by atoms with E-state index in [4.69, 9.17) is 17.0 Å². The van der Waals surface area contributed by atoms with Crippen LogP contribution in [0, 0.1) is 13.8 Å². The molecule has 2 aromatic rings. The number of rotatable bonds is 4. The number of ether oxygens (including phenoxy) is 1. The molecule has 0 atom stereocenters. The summed E-state index contributed by atoms with van der Waals surface area (Å²) in [5, 5.41) is 13.6. The number of benzene rings is 2. The summed E-state index contributed by atoms with van der Waals surface area (Å²) in [6, 6.07) is 10.9. The number of carbonyl (C=O) groups is 1. The van der Waals surface area contributed by atoms with Gasteiger partial charge in [0.05, 0.1) is 12.3 Å². The lowest BCUT2D eigenvalue weighted by Gasteiger charge is -2.15. The lowest BCUT2D eigenvalue weighted by atomic mass is 10.1. The Morgan fingerprint density at radius 1 is 1.23 bits per heavy atom. The zero-order chi connectivity index (χ0) is 18.8. The van der Waals surface area contributed by atoms with Crippen molar-refractivity contribution in [3.05, 3.63) is 58.8 Å². The summed E-state index contributed by atoms with van der Waals surface area (Å²) in [6.07, 6.45) is 1.58. The molecule has 1 heterocycles. The molecule has 26 heavy (non-hydrogen) atoms. The van der Waals surface area contributed by atoms with Crippen molar-refractivity contribution in [3.63, 3.8) is 0 Å². The fraction of sp³-hybridized carbons (Fsp3) is 0.200. The topological polar surface area (TPSA) is 61.8 Å².